The lowest BCUT2D eigenvalue weighted by Crippen LogP contribution is -2.47. The third kappa shape index (κ3) is 7.66. The Labute approximate surface area is 162 Å². The van der Waals surface area contributed by atoms with E-state index in [1.165, 1.54) is 0 Å². The number of amides is 2. The van der Waals surface area contributed by atoms with Crippen molar-refractivity contribution in [3.05, 3.63) is 0 Å². The first-order chi connectivity index (χ1) is 11.0. The second kappa shape index (κ2) is 11.9. The van der Waals surface area contributed by atoms with Crippen molar-refractivity contribution < 1.29 is 14.3 Å². The van der Waals surface area contributed by atoms with Gasteiger partial charge in [0.1, 0.15) is 0 Å². The van der Waals surface area contributed by atoms with E-state index < -0.39 is 6.04 Å². The summed E-state index contributed by atoms with van der Waals surface area (Å²) in [6.45, 7) is 9.98. The summed E-state index contributed by atoms with van der Waals surface area (Å²) in [7, 11) is 0. The van der Waals surface area contributed by atoms with E-state index in [9.17, 15) is 9.59 Å². The highest BCUT2D eigenvalue weighted by Gasteiger charge is 2.28. The summed E-state index contributed by atoms with van der Waals surface area (Å²) < 4.78 is 5.36. The number of hydrogen-bond donors (Lipinski definition) is 2. The summed E-state index contributed by atoms with van der Waals surface area (Å²) in [5, 5.41) is 2.65. The van der Waals surface area contributed by atoms with Crippen LogP contribution in [0.25, 0.3) is 0 Å². The molecule has 2 aliphatic heterocycles. The molecule has 3 N–H and O–H groups in total. The van der Waals surface area contributed by atoms with Crippen molar-refractivity contribution in [2.75, 3.05) is 52.5 Å². The van der Waals surface area contributed by atoms with E-state index in [0.29, 0.717) is 5.92 Å². The lowest BCUT2D eigenvalue weighted by atomic mass is 10.1. The van der Waals surface area contributed by atoms with Gasteiger partial charge in [-0.15, -0.1) is 24.8 Å². The first-order valence-electron chi connectivity index (χ1n) is 8.58. The normalized spacial score (nSPS) is 22.1. The van der Waals surface area contributed by atoms with Crippen molar-refractivity contribution in [2.45, 2.75) is 26.3 Å². The molecule has 2 heterocycles. The van der Waals surface area contributed by atoms with Gasteiger partial charge in [-0.25, -0.2) is 0 Å². The predicted octanol–water partition coefficient (Wildman–Crippen LogP) is 0.110. The number of carbonyl (C=O) groups excluding carboxylic acids is 2. The van der Waals surface area contributed by atoms with E-state index in [4.69, 9.17) is 10.5 Å². The van der Waals surface area contributed by atoms with Gasteiger partial charge in [-0.3, -0.25) is 14.5 Å². The molecule has 0 aromatic heterocycles. The Kier molecular flexibility index (Phi) is 11.6. The fourth-order valence-corrected chi connectivity index (χ4v) is 3.05. The molecule has 2 aliphatic rings. The minimum atomic E-state index is -0.560. The minimum Gasteiger partial charge on any atom is -0.379 e. The van der Waals surface area contributed by atoms with Crippen molar-refractivity contribution >= 4 is 36.6 Å². The summed E-state index contributed by atoms with van der Waals surface area (Å²) in [6, 6.07) is -0.560. The van der Waals surface area contributed by atoms with Gasteiger partial charge in [0.05, 0.1) is 25.8 Å². The molecule has 7 nitrogen and oxygen atoms in total. The molecule has 25 heavy (non-hydrogen) atoms. The smallest absolute Gasteiger partial charge is 0.241 e. The second-order valence-electron chi connectivity index (χ2n) is 6.90. The van der Waals surface area contributed by atoms with Crippen molar-refractivity contribution in [3.63, 3.8) is 0 Å². The molecule has 0 spiro atoms. The van der Waals surface area contributed by atoms with E-state index in [0.717, 1.165) is 52.4 Å². The molecule has 0 aromatic carbocycles. The van der Waals surface area contributed by atoms with Crippen molar-refractivity contribution in [1.82, 2.24) is 15.1 Å². The number of morpholine rings is 1. The van der Waals surface area contributed by atoms with Gasteiger partial charge in [-0.05, 0) is 18.3 Å². The van der Waals surface area contributed by atoms with Gasteiger partial charge >= 0.3 is 0 Å². The van der Waals surface area contributed by atoms with E-state index in [2.05, 4.69) is 10.2 Å². The van der Waals surface area contributed by atoms with Crippen molar-refractivity contribution in [3.8, 4) is 0 Å². The number of ether oxygens (including phenoxy) is 1. The molecule has 0 aromatic rings. The highest BCUT2D eigenvalue weighted by atomic mass is 35.5. The van der Waals surface area contributed by atoms with Gasteiger partial charge in [0.25, 0.3) is 0 Å². The number of likely N-dealkylation sites (tertiary alicyclic amines) is 1. The Morgan fingerprint density at radius 3 is 2.44 bits per heavy atom. The van der Waals surface area contributed by atoms with Gasteiger partial charge in [0, 0.05) is 32.7 Å². The zero-order valence-corrected chi connectivity index (χ0v) is 16.7. The van der Waals surface area contributed by atoms with Crippen LogP contribution in [0, 0.1) is 11.8 Å². The molecule has 2 saturated heterocycles. The monoisotopic (exact) mass is 398 g/mol. The number of nitrogens with one attached hydrogen (secondary N) is 1. The van der Waals surface area contributed by atoms with Crippen LogP contribution < -0.4 is 11.1 Å². The molecule has 0 saturated carbocycles. The molecule has 0 bridgehead atoms. The largest absolute Gasteiger partial charge is 0.379 e. The van der Waals surface area contributed by atoms with E-state index >= 15 is 0 Å². The molecular weight excluding hydrogens is 367 g/mol. The molecule has 1 unspecified atom stereocenters. The summed E-state index contributed by atoms with van der Waals surface area (Å²) in [5.74, 6) is 0.316. The van der Waals surface area contributed by atoms with Crippen LogP contribution in [0.2, 0.25) is 0 Å². The Morgan fingerprint density at radius 2 is 1.84 bits per heavy atom. The van der Waals surface area contributed by atoms with Gasteiger partial charge in [-0.2, -0.15) is 0 Å². The van der Waals surface area contributed by atoms with Crippen LogP contribution in [0.4, 0.5) is 0 Å². The Morgan fingerprint density at radius 1 is 1.20 bits per heavy atom. The van der Waals surface area contributed by atoms with Crippen LogP contribution in [0.1, 0.15) is 20.3 Å². The van der Waals surface area contributed by atoms with Crippen LogP contribution in [-0.4, -0.2) is 80.1 Å². The maximum Gasteiger partial charge on any atom is 0.241 e. The van der Waals surface area contributed by atoms with Crippen LogP contribution in [-0.2, 0) is 14.3 Å². The summed E-state index contributed by atoms with van der Waals surface area (Å²) in [5.41, 5.74) is 5.77. The maximum atomic E-state index is 12.2. The van der Waals surface area contributed by atoms with Crippen LogP contribution >= 0.6 is 24.8 Å². The van der Waals surface area contributed by atoms with Gasteiger partial charge in [-0.1, -0.05) is 13.8 Å². The average molecular weight is 399 g/mol. The molecule has 0 radical (unpaired) electrons. The van der Waals surface area contributed by atoms with E-state index in [1.807, 2.05) is 18.7 Å². The standard InChI is InChI=1S/C16H30N4O3.2ClH/c1-12(2)15(17)16(22)18-9-14(21)20-4-3-13(11-20)10-19-5-7-23-8-6-19;;/h12-13,15H,3-11,17H2,1-2H3,(H,18,22);2*1H/t13?,15-;;/m0../s1. The topological polar surface area (TPSA) is 87.9 Å². The van der Waals surface area contributed by atoms with E-state index in [-0.39, 0.29) is 49.1 Å². The Bertz CT molecular complexity index is 420. The molecule has 2 fully saturated rings. The number of nitrogens with two attached hydrogens (primary N) is 1. The number of halogens is 2. The first kappa shape index (κ1) is 24.4. The van der Waals surface area contributed by atoms with E-state index in [1.54, 1.807) is 0 Å². The Balaban J connectivity index is 0.00000288. The fraction of sp³-hybridized carbons (Fsp3) is 0.875. The SMILES string of the molecule is CC(C)[C@H](N)C(=O)NCC(=O)N1CCC(CN2CCOCC2)C1.Cl.Cl. The van der Waals surface area contributed by atoms with Crippen molar-refractivity contribution in [1.29, 1.82) is 0 Å². The van der Waals surface area contributed by atoms with Gasteiger partial charge < -0.3 is 20.7 Å². The highest BCUT2D eigenvalue weighted by Crippen LogP contribution is 2.18. The quantitative estimate of drug-likeness (QED) is 0.662. The molecule has 9 heteroatoms. The molecule has 0 aliphatic carbocycles. The molecular formula is C16H32Cl2N4O3. The fourth-order valence-electron chi connectivity index (χ4n) is 3.05. The van der Waals surface area contributed by atoms with Crippen molar-refractivity contribution in [2.24, 2.45) is 17.6 Å². The summed E-state index contributed by atoms with van der Waals surface area (Å²) in [6.07, 6.45) is 1.03. The van der Waals surface area contributed by atoms with Gasteiger partial charge in [0.2, 0.25) is 11.8 Å². The number of rotatable bonds is 6. The maximum absolute atomic E-state index is 12.2. The van der Waals surface area contributed by atoms with Crippen LogP contribution in [0.15, 0.2) is 0 Å². The zero-order chi connectivity index (χ0) is 16.8. The lowest BCUT2D eigenvalue weighted by molar-refractivity contribution is -0.132. The zero-order valence-electron chi connectivity index (χ0n) is 15.1. The predicted molar refractivity (Wildman–Crippen MR) is 102 cm³/mol. The summed E-state index contributed by atoms with van der Waals surface area (Å²) >= 11 is 0. The molecule has 148 valence electrons. The molecule has 2 rings (SSSR count). The summed E-state index contributed by atoms with van der Waals surface area (Å²) in [4.78, 5) is 28.3. The minimum absolute atomic E-state index is 0. The first-order valence-corrected chi connectivity index (χ1v) is 8.58. The second-order valence-corrected chi connectivity index (χ2v) is 6.90. The number of hydrogen-bond acceptors (Lipinski definition) is 5. The van der Waals surface area contributed by atoms with Gasteiger partial charge in [0.15, 0.2) is 0 Å². The Hall–Kier alpha value is -0.600. The third-order valence-corrected chi connectivity index (χ3v) is 4.69. The number of nitrogens with zero attached hydrogens (tertiary/aromatic N) is 2. The van der Waals surface area contributed by atoms with Crippen LogP contribution in [0.5, 0.6) is 0 Å². The van der Waals surface area contributed by atoms with Crippen LogP contribution in [0.3, 0.4) is 0 Å². The number of carbonyl (C=O) groups is 2. The molecule has 2 atom stereocenters. The highest BCUT2D eigenvalue weighted by molar-refractivity contribution is 5.87. The average Bonchev–Trinajstić information content (AvgIpc) is 3.01. The molecule has 2 amide bonds. The third-order valence-electron chi connectivity index (χ3n) is 4.69. The lowest BCUT2D eigenvalue weighted by Gasteiger charge is -2.29.